The van der Waals surface area contributed by atoms with E-state index in [2.05, 4.69) is 20.1 Å². The smallest absolute Gasteiger partial charge is 0.322 e. The Morgan fingerprint density at radius 1 is 1.14 bits per heavy atom. The molecule has 8 heteroatoms. The van der Waals surface area contributed by atoms with Crippen LogP contribution < -0.4 is 15.1 Å². The third-order valence-corrected chi connectivity index (χ3v) is 5.78. The first-order valence-corrected chi connectivity index (χ1v) is 9.66. The summed E-state index contributed by atoms with van der Waals surface area (Å²) in [6.45, 7) is 3.00. The van der Waals surface area contributed by atoms with E-state index in [1.54, 1.807) is 30.5 Å². The maximum Gasteiger partial charge on any atom is 0.322 e. The van der Waals surface area contributed by atoms with Crippen LogP contribution in [0.3, 0.4) is 0 Å². The zero-order chi connectivity index (χ0) is 20.4. The van der Waals surface area contributed by atoms with Gasteiger partial charge >= 0.3 is 5.97 Å². The molecule has 2 saturated heterocycles. The number of nitrogens with zero attached hydrogens (tertiary/aromatic N) is 3. The van der Waals surface area contributed by atoms with Crippen LogP contribution >= 0.6 is 0 Å². The number of rotatable bonds is 5. The van der Waals surface area contributed by atoms with Crippen LogP contribution in [0.15, 0.2) is 42.6 Å². The molecule has 2 fully saturated rings. The Bertz CT molecular complexity index is 938. The summed E-state index contributed by atoms with van der Waals surface area (Å²) in [5.74, 6) is -1.02. The normalized spacial score (nSPS) is 21.0. The number of anilines is 2. The predicted molar refractivity (Wildman–Crippen MR) is 107 cm³/mol. The molecule has 2 aliphatic rings. The van der Waals surface area contributed by atoms with Gasteiger partial charge in [-0.05, 0) is 43.2 Å². The van der Waals surface area contributed by atoms with E-state index >= 15 is 0 Å². The minimum Gasteiger partial charge on any atom is -0.480 e. The first kappa shape index (κ1) is 19.2. The number of nitrogens with one attached hydrogen (secondary N) is 1. The third kappa shape index (κ3) is 4.16. The highest BCUT2D eigenvalue weighted by Crippen LogP contribution is 2.42. The molecule has 1 atom stereocenters. The maximum absolute atomic E-state index is 13.6. The zero-order valence-corrected chi connectivity index (χ0v) is 16.0. The fourth-order valence-corrected chi connectivity index (χ4v) is 4.28. The number of aromatic nitrogens is 1. The molecular weight excluding hydrogens is 375 g/mol. The molecule has 2 N–H and O–H groups in total. The fourth-order valence-electron chi connectivity index (χ4n) is 4.28. The topological polar surface area (TPSA) is 85.8 Å². The van der Waals surface area contributed by atoms with Crippen molar-refractivity contribution in [2.45, 2.75) is 12.8 Å². The third-order valence-electron chi connectivity index (χ3n) is 5.78. The van der Waals surface area contributed by atoms with Gasteiger partial charge in [-0.25, -0.2) is 9.37 Å². The molecule has 152 valence electrons. The van der Waals surface area contributed by atoms with Gasteiger partial charge in [-0.1, -0.05) is 6.07 Å². The Hall–Kier alpha value is -3.16. The molecule has 1 aromatic carbocycles. The van der Waals surface area contributed by atoms with Crippen LogP contribution in [0.1, 0.15) is 23.2 Å². The molecule has 0 bridgehead atoms. The van der Waals surface area contributed by atoms with Crippen molar-refractivity contribution in [2.75, 3.05) is 42.5 Å². The average molecular weight is 398 g/mol. The van der Waals surface area contributed by atoms with Gasteiger partial charge in [-0.2, -0.15) is 0 Å². The van der Waals surface area contributed by atoms with Crippen LogP contribution in [0.5, 0.6) is 0 Å². The van der Waals surface area contributed by atoms with Crippen molar-refractivity contribution in [3.8, 4) is 0 Å². The molecule has 1 amide bonds. The van der Waals surface area contributed by atoms with Gasteiger partial charge in [0.1, 0.15) is 18.2 Å². The lowest BCUT2D eigenvalue weighted by atomic mass is 9.86. The Morgan fingerprint density at radius 3 is 2.66 bits per heavy atom. The van der Waals surface area contributed by atoms with Crippen molar-refractivity contribution < 1.29 is 19.1 Å². The van der Waals surface area contributed by atoms with Crippen LogP contribution in [0.25, 0.3) is 0 Å². The summed E-state index contributed by atoms with van der Waals surface area (Å²) in [6, 6.07) is 9.99. The molecular formula is C21H23FN4O3. The Balaban J connectivity index is 1.43. The molecule has 2 aliphatic heterocycles. The molecule has 29 heavy (non-hydrogen) atoms. The van der Waals surface area contributed by atoms with Crippen LogP contribution in [-0.2, 0) is 4.79 Å². The second kappa shape index (κ2) is 7.69. The summed E-state index contributed by atoms with van der Waals surface area (Å²) in [5, 5.41) is 11.1. The molecule has 3 heterocycles. The van der Waals surface area contributed by atoms with Crippen molar-refractivity contribution in [1.82, 2.24) is 10.3 Å². The van der Waals surface area contributed by atoms with E-state index in [0.717, 1.165) is 44.7 Å². The first-order valence-electron chi connectivity index (χ1n) is 9.66. The number of hydrogen-bond acceptors (Lipinski definition) is 5. The summed E-state index contributed by atoms with van der Waals surface area (Å²) in [6.07, 6.45) is 3.61. The summed E-state index contributed by atoms with van der Waals surface area (Å²) < 4.78 is 13.6. The SMILES string of the molecule is O=C(O)CNC(=O)c1ccnc(N2CCC3(CCN(c4cccc(F)c4)C3)C2)c1. The number of hydrogen-bond donors (Lipinski definition) is 2. The Kier molecular flexibility index (Phi) is 5.08. The summed E-state index contributed by atoms with van der Waals surface area (Å²) in [5.41, 5.74) is 1.43. The van der Waals surface area contributed by atoms with Crippen molar-refractivity contribution in [3.05, 3.63) is 54.0 Å². The van der Waals surface area contributed by atoms with Crippen LogP contribution in [0, 0.1) is 11.2 Å². The largest absolute Gasteiger partial charge is 0.480 e. The molecule has 1 aromatic heterocycles. The van der Waals surface area contributed by atoms with Gasteiger partial charge in [0.05, 0.1) is 0 Å². The molecule has 1 spiro atoms. The second-order valence-electron chi connectivity index (χ2n) is 7.80. The highest BCUT2D eigenvalue weighted by atomic mass is 19.1. The van der Waals surface area contributed by atoms with Gasteiger partial charge in [0.15, 0.2) is 0 Å². The van der Waals surface area contributed by atoms with Crippen molar-refractivity contribution >= 4 is 23.4 Å². The molecule has 0 saturated carbocycles. The second-order valence-corrected chi connectivity index (χ2v) is 7.80. The van der Waals surface area contributed by atoms with Gasteiger partial charge in [0, 0.05) is 49.0 Å². The number of carbonyl (C=O) groups excluding carboxylic acids is 1. The van der Waals surface area contributed by atoms with Crippen LogP contribution in [0.4, 0.5) is 15.9 Å². The van der Waals surface area contributed by atoms with Crippen molar-refractivity contribution in [1.29, 1.82) is 0 Å². The summed E-state index contributed by atoms with van der Waals surface area (Å²) >= 11 is 0. The van der Waals surface area contributed by atoms with E-state index in [9.17, 15) is 14.0 Å². The molecule has 2 aromatic rings. The average Bonchev–Trinajstić information content (AvgIpc) is 3.33. The molecule has 0 radical (unpaired) electrons. The first-order chi connectivity index (χ1) is 13.9. The van der Waals surface area contributed by atoms with E-state index in [1.165, 1.54) is 6.07 Å². The lowest BCUT2D eigenvalue weighted by Crippen LogP contribution is -2.32. The number of amides is 1. The predicted octanol–water partition coefficient (Wildman–Crippen LogP) is 2.14. The Morgan fingerprint density at radius 2 is 1.90 bits per heavy atom. The van der Waals surface area contributed by atoms with Gasteiger partial charge in [0.25, 0.3) is 5.91 Å². The number of carboxylic acid groups (broad SMARTS) is 1. The van der Waals surface area contributed by atoms with Gasteiger partial charge < -0.3 is 20.2 Å². The van der Waals surface area contributed by atoms with E-state index < -0.39 is 18.4 Å². The number of carbonyl (C=O) groups is 2. The zero-order valence-electron chi connectivity index (χ0n) is 16.0. The van der Waals surface area contributed by atoms with E-state index in [4.69, 9.17) is 5.11 Å². The summed E-state index contributed by atoms with van der Waals surface area (Å²) in [4.78, 5) is 31.6. The lowest BCUT2D eigenvalue weighted by molar-refractivity contribution is -0.135. The van der Waals surface area contributed by atoms with Gasteiger partial charge in [-0.3, -0.25) is 9.59 Å². The number of benzene rings is 1. The number of halogens is 1. The highest BCUT2D eigenvalue weighted by molar-refractivity contribution is 5.96. The molecule has 4 rings (SSSR count). The number of carboxylic acids is 1. The van der Waals surface area contributed by atoms with Crippen LogP contribution in [-0.4, -0.2) is 54.7 Å². The summed E-state index contributed by atoms with van der Waals surface area (Å²) in [7, 11) is 0. The highest BCUT2D eigenvalue weighted by Gasteiger charge is 2.44. The quantitative estimate of drug-likeness (QED) is 0.803. The minimum atomic E-state index is -1.09. The molecule has 7 nitrogen and oxygen atoms in total. The van der Waals surface area contributed by atoms with Gasteiger partial charge in [-0.15, -0.1) is 0 Å². The van der Waals surface area contributed by atoms with Crippen molar-refractivity contribution in [2.24, 2.45) is 5.41 Å². The minimum absolute atomic E-state index is 0.121. The lowest BCUT2D eigenvalue weighted by Gasteiger charge is -2.26. The molecule has 1 unspecified atom stereocenters. The van der Waals surface area contributed by atoms with E-state index in [0.29, 0.717) is 11.4 Å². The van der Waals surface area contributed by atoms with Crippen LogP contribution in [0.2, 0.25) is 0 Å². The Labute approximate surface area is 168 Å². The number of aliphatic carboxylic acids is 1. The van der Waals surface area contributed by atoms with E-state index in [1.807, 2.05) is 6.07 Å². The van der Waals surface area contributed by atoms with Crippen molar-refractivity contribution in [3.63, 3.8) is 0 Å². The monoisotopic (exact) mass is 398 g/mol. The van der Waals surface area contributed by atoms with Gasteiger partial charge in [0.2, 0.25) is 0 Å². The fraction of sp³-hybridized carbons (Fsp3) is 0.381. The van der Waals surface area contributed by atoms with E-state index in [-0.39, 0.29) is 11.2 Å². The maximum atomic E-state index is 13.6. The number of pyridine rings is 1. The standard InChI is InChI=1S/C21H23FN4O3/c22-16-2-1-3-17(11-16)25-8-5-21(13-25)6-9-26(14-21)18-10-15(4-7-23-18)20(29)24-12-19(27)28/h1-4,7,10-11H,5-6,8-9,12-14H2,(H,24,29)(H,27,28). The molecule has 0 aliphatic carbocycles.